The smallest absolute Gasteiger partial charge is 0.241 e. The number of nitrogens with one attached hydrogen (secondary N) is 1. The molecule has 1 atom stereocenters. The van der Waals surface area contributed by atoms with Crippen LogP contribution in [-0.2, 0) is 6.42 Å². The van der Waals surface area contributed by atoms with E-state index in [4.69, 9.17) is 17.3 Å². The number of nitrogens with two attached hydrogens (primary N) is 1. The first-order valence-corrected chi connectivity index (χ1v) is 8.80. The van der Waals surface area contributed by atoms with Crippen molar-refractivity contribution in [1.29, 1.82) is 0 Å². The molecule has 0 amide bonds. The Morgan fingerprint density at radius 3 is 2.58 bits per heavy atom. The van der Waals surface area contributed by atoms with Crippen LogP contribution in [0.1, 0.15) is 25.3 Å². The number of H-pyrrole nitrogens is 1. The van der Waals surface area contributed by atoms with E-state index in [0.717, 1.165) is 43.3 Å². The zero-order valence-corrected chi connectivity index (χ0v) is 15.0. The molecule has 2 heterocycles. The van der Waals surface area contributed by atoms with E-state index in [0.29, 0.717) is 18.0 Å². The van der Waals surface area contributed by atoms with Gasteiger partial charge in [-0.25, -0.2) is 5.10 Å². The van der Waals surface area contributed by atoms with E-state index in [9.17, 15) is 0 Å². The van der Waals surface area contributed by atoms with Crippen LogP contribution in [-0.4, -0.2) is 52.3 Å². The molecule has 1 aliphatic heterocycles. The highest BCUT2D eigenvalue weighted by atomic mass is 35.5. The summed E-state index contributed by atoms with van der Waals surface area (Å²) >= 11 is 5.96. The molecule has 0 radical (unpaired) electrons. The fourth-order valence-electron chi connectivity index (χ4n) is 3.36. The second-order valence-electron chi connectivity index (χ2n) is 6.58. The molecule has 1 unspecified atom stereocenters. The lowest BCUT2D eigenvalue weighted by molar-refractivity contribution is 0.157. The first-order valence-electron chi connectivity index (χ1n) is 8.42. The highest BCUT2D eigenvalue weighted by Gasteiger charge is 2.26. The van der Waals surface area contributed by atoms with Crippen LogP contribution in [0.5, 0.6) is 0 Å². The Balaban J connectivity index is 1.52. The van der Waals surface area contributed by atoms with Crippen molar-refractivity contribution in [3.05, 3.63) is 34.9 Å². The number of likely N-dealkylation sites (N-methyl/N-ethyl adjacent to an activating group) is 1. The summed E-state index contributed by atoms with van der Waals surface area (Å²) in [5.74, 6) is 1.09. The van der Waals surface area contributed by atoms with E-state index in [-0.39, 0.29) is 0 Å². The zero-order chi connectivity index (χ0) is 17.1. The van der Waals surface area contributed by atoms with Gasteiger partial charge in [-0.3, -0.25) is 0 Å². The largest absolute Gasteiger partial charge is 0.366 e. The average molecular weight is 349 g/mol. The maximum atomic E-state index is 5.96. The maximum absolute atomic E-state index is 5.96. The standard InChI is InChI=1S/C17H25ClN6/c1-12(11-13-3-5-14(18)6-4-13)23(2)15-7-9-24(10-8-15)17-20-16(19)21-22-17/h3-6,12,15H,7-11H2,1-2H3,(H3,19,20,21,22). The highest BCUT2D eigenvalue weighted by molar-refractivity contribution is 6.30. The number of rotatable bonds is 5. The number of aromatic nitrogens is 3. The molecule has 0 saturated carbocycles. The summed E-state index contributed by atoms with van der Waals surface area (Å²) in [6, 6.07) is 9.23. The topological polar surface area (TPSA) is 74.1 Å². The normalized spacial score (nSPS) is 17.4. The molecular weight excluding hydrogens is 324 g/mol. The van der Waals surface area contributed by atoms with Gasteiger partial charge in [0.1, 0.15) is 0 Å². The van der Waals surface area contributed by atoms with Crippen LogP contribution in [0, 0.1) is 0 Å². The number of halogens is 1. The van der Waals surface area contributed by atoms with Crippen LogP contribution in [0.15, 0.2) is 24.3 Å². The SMILES string of the molecule is CC(Cc1ccc(Cl)cc1)N(C)C1CCN(c2nc(N)n[nH]2)CC1. The number of piperidine rings is 1. The van der Waals surface area contributed by atoms with E-state index in [2.05, 4.69) is 51.1 Å². The minimum Gasteiger partial charge on any atom is -0.366 e. The van der Waals surface area contributed by atoms with Crippen molar-refractivity contribution in [3.8, 4) is 0 Å². The van der Waals surface area contributed by atoms with Crippen molar-refractivity contribution in [2.45, 2.75) is 38.3 Å². The van der Waals surface area contributed by atoms with Crippen LogP contribution in [0.2, 0.25) is 5.02 Å². The number of benzene rings is 1. The number of hydrogen-bond donors (Lipinski definition) is 2. The van der Waals surface area contributed by atoms with Crippen LogP contribution < -0.4 is 10.6 Å². The number of aromatic amines is 1. The number of nitrogen functional groups attached to an aromatic ring is 1. The predicted molar refractivity (Wildman–Crippen MR) is 98.4 cm³/mol. The molecule has 7 heteroatoms. The Bertz CT molecular complexity index is 647. The van der Waals surface area contributed by atoms with Gasteiger partial charge in [-0.2, -0.15) is 4.98 Å². The summed E-state index contributed by atoms with van der Waals surface area (Å²) in [4.78, 5) is 8.94. The Labute approximate surface area is 148 Å². The van der Waals surface area contributed by atoms with Gasteiger partial charge in [0.15, 0.2) is 0 Å². The Morgan fingerprint density at radius 2 is 2.00 bits per heavy atom. The first-order chi connectivity index (χ1) is 11.5. The third kappa shape index (κ3) is 3.99. The Morgan fingerprint density at radius 1 is 1.33 bits per heavy atom. The lowest BCUT2D eigenvalue weighted by Crippen LogP contribution is -2.47. The average Bonchev–Trinajstić information content (AvgIpc) is 3.03. The third-order valence-corrected chi connectivity index (χ3v) is 5.22. The van der Waals surface area contributed by atoms with Gasteiger partial charge in [-0.15, -0.1) is 5.10 Å². The van der Waals surface area contributed by atoms with E-state index < -0.39 is 0 Å². The van der Waals surface area contributed by atoms with Crippen molar-refractivity contribution >= 4 is 23.5 Å². The van der Waals surface area contributed by atoms with Crippen LogP contribution in [0.3, 0.4) is 0 Å². The van der Waals surface area contributed by atoms with Gasteiger partial charge in [0.2, 0.25) is 11.9 Å². The summed E-state index contributed by atoms with van der Waals surface area (Å²) in [5, 5.41) is 7.59. The van der Waals surface area contributed by atoms with Gasteiger partial charge in [-0.05, 0) is 50.9 Å². The molecule has 0 bridgehead atoms. The van der Waals surface area contributed by atoms with Crippen molar-refractivity contribution in [3.63, 3.8) is 0 Å². The Kier molecular flexibility index (Phi) is 5.26. The lowest BCUT2D eigenvalue weighted by atomic mass is 9.99. The second-order valence-corrected chi connectivity index (χ2v) is 7.02. The van der Waals surface area contributed by atoms with E-state index in [1.807, 2.05) is 12.1 Å². The molecule has 1 fully saturated rings. The zero-order valence-electron chi connectivity index (χ0n) is 14.2. The molecule has 0 aliphatic carbocycles. The minimum absolute atomic E-state index is 0.306. The molecule has 24 heavy (non-hydrogen) atoms. The van der Waals surface area contributed by atoms with E-state index in [1.54, 1.807) is 0 Å². The first kappa shape index (κ1) is 17.0. The van der Waals surface area contributed by atoms with Gasteiger partial charge < -0.3 is 15.5 Å². The summed E-state index contributed by atoms with van der Waals surface area (Å²) in [7, 11) is 2.23. The van der Waals surface area contributed by atoms with Crippen molar-refractivity contribution in [2.24, 2.45) is 0 Å². The number of hydrogen-bond acceptors (Lipinski definition) is 5. The van der Waals surface area contributed by atoms with Crippen molar-refractivity contribution < 1.29 is 0 Å². The summed E-state index contributed by atoms with van der Waals surface area (Å²) < 4.78 is 0. The van der Waals surface area contributed by atoms with Gasteiger partial charge in [0.05, 0.1) is 0 Å². The number of anilines is 2. The molecule has 1 aromatic carbocycles. The third-order valence-electron chi connectivity index (χ3n) is 4.97. The molecule has 1 aliphatic rings. The lowest BCUT2D eigenvalue weighted by Gasteiger charge is -2.39. The fourth-order valence-corrected chi connectivity index (χ4v) is 3.48. The second kappa shape index (κ2) is 7.40. The summed E-state index contributed by atoms with van der Waals surface area (Å²) in [5.41, 5.74) is 6.91. The van der Waals surface area contributed by atoms with Gasteiger partial charge >= 0.3 is 0 Å². The molecule has 1 saturated heterocycles. The molecule has 0 spiro atoms. The van der Waals surface area contributed by atoms with Crippen LogP contribution in [0.4, 0.5) is 11.9 Å². The van der Waals surface area contributed by atoms with E-state index >= 15 is 0 Å². The molecule has 3 N–H and O–H groups in total. The summed E-state index contributed by atoms with van der Waals surface area (Å²) in [6.07, 6.45) is 3.26. The van der Waals surface area contributed by atoms with Crippen molar-refractivity contribution in [2.75, 3.05) is 30.8 Å². The number of nitrogens with zero attached hydrogens (tertiary/aromatic N) is 4. The molecule has 2 aromatic rings. The van der Waals surface area contributed by atoms with E-state index in [1.165, 1.54) is 5.56 Å². The Hall–Kier alpha value is -1.79. The molecule has 1 aromatic heterocycles. The minimum atomic E-state index is 0.306. The predicted octanol–water partition coefficient (Wildman–Crippen LogP) is 2.57. The van der Waals surface area contributed by atoms with Gasteiger partial charge in [0, 0.05) is 30.2 Å². The molecular formula is C17H25ClN6. The molecule has 130 valence electrons. The monoisotopic (exact) mass is 348 g/mol. The van der Waals surface area contributed by atoms with Crippen molar-refractivity contribution in [1.82, 2.24) is 20.1 Å². The molecule has 3 rings (SSSR count). The van der Waals surface area contributed by atoms with Crippen LogP contribution >= 0.6 is 11.6 Å². The maximum Gasteiger partial charge on any atom is 0.241 e. The quantitative estimate of drug-likeness (QED) is 0.868. The molecule has 6 nitrogen and oxygen atoms in total. The van der Waals surface area contributed by atoms with Gasteiger partial charge in [-0.1, -0.05) is 23.7 Å². The highest BCUT2D eigenvalue weighted by Crippen LogP contribution is 2.22. The van der Waals surface area contributed by atoms with Gasteiger partial charge in [0.25, 0.3) is 0 Å². The van der Waals surface area contributed by atoms with Crippen LogP contribution in [0.25, 0.3) is 0 Å². The summed E-state index contributed by atoms with van der Waals surface area (Å²) in [6.45, 7) is 4.23. The fraction of sp³-hybridized carbons (Fsp3) is 0.529.